The first kappa shape index (κ1) is 20.7. The topological polar surface area (TPSA) is 111 Å². The van der Waals surface area contributed by atoms with E-state index >= 15 is 0 Å². The number of methoxy groups -OCH3 is 2. The van der Waals surface area contributed by atoms with Crippen molar-refractivity contribution >= 4 is 23.2 Å². The molecule has 0 atom stereocenters. The standard InChI is InChI=1S/C20H20N6O4S/c1-29-16-5-4-14(18(24-16)30-2)20(28)26-9-3-8-25(26)17(27)10-13-12-31-19(23-13)15-11-21-6-7-22-15/h4-7,11-12H,3,8-10H2,1-2H3. The number of hydrogen-bond donors (Lipinski definition) is 0. The van der Waals surface area contributed by atoms with Gasteiger partial charge in [0.05, 0.1) is 32.5 Å². The maximum atomic E-state index is 13.1. The van der Waals surface area contributed by atoms with Crippen molar-refractivity contribution in [3.8, 4) is 22.5 Å². The first-order valence-electron chi connectivity index (χ1n) is 9.52. The lowest BCUT2D eigenvalue weighted by Crippen LogP contribution is -2.45. The SMILES string of the molecule is COc1ccc(C(=O)N2CCCN2C(=O)Cc2csc(-c3cnccn3)n2)c(OC)n1. The van der Waals surface area contributed by atoms with E-state index in [-0.39, 0.29) is 29.7 Å². The van der Waals surface area contributed by atoms with Crippen molar-refractivity contribution in [2.24, 2.45) is 0 Å². The van der Waals surface area contributed by atoms with Gasteiger partial charge in [-0.3, -0.25) is 24.6 Å². The van der Waals surface area contributed by atoms with Crippen molar-refractivity contribution in [2.45, 2.75) is 12.8 Å². The fraction of sp³-hybridized carbons (Fsp3) is 0.300. The summed E-state index contributed by atoms with van der Waals surface area (Å²) in [7, 11) is 2.92. The van der Waals surface area contributed by atoms with Gasteiger partial charge in [0.2, 0.25) is 17.7 Å². The summed E-state index contributed by atoms with van der Waals surface area (Å²) in [6, 6.07) is 3.17. The molecule has 3 aromatic heterocycles. The molecule has 1 fully saturated rings. The number of thiazole rings is 1. The molecule has 11 heteroatoms. The molecule has 160 valence electrons. The summed E-state index contributed by atoms with van der Waals surface area (Å²) in [5, 5.41) is 5.41. The molecule has 0 radical (unpaired) electrons. The highest BCUT2D eigenvalue weighted by Gasteiger charge is 2.33. The molecule has 1 aliphatic heterocycles. The number of pyridine rings is 1. The van der Waals surface area contributed by atoms with Gasteiger partial charge in [0, 0.05) is 36.9 Å². The minimum absolute atomic E-state index is 0.0819. The Balaban J connectivity index is 1.49. The summed E-state index contributed by atoms with van der Waals surface area (Å²) in [5.74, 6) is -0.0689. The van der Waals surface area contributed by atoms with Gasteiger partial charge in [-0.05, 0) is 12.5 Å². The van der Waals surface area contributed by atoms with Crippen molar-refractivity contribution in [2.75, 3.05) is 27.3 Å². The second-order valence-corrected chi connectivity index (χ2v) is 7.48. The van der Waals surface area contributed by atoms with Crippen LogP contribution in [0.25, 0.3) is 10.7 Å². The number of ether oxygens (including phenoxy) is 2. The predicted octanol–water partition coefficient (Wildman–Crippen LogP) is 1.84. The summed E-state index contributed by atoms with van der Waals surface area (Å²) in [6.45, 7) is 0.888. The maximum absolute atomic E-state index is 13.1. The highest BCUT2D eigenvalue weighted by Crippen LogP contribution is 2.25. The molecule has 10 nitrogen and oxygen atoms in total. The molecule has 3 aromatic rings. The zero-order valence-corrected chi connectivity index (χ0v) is 17.8. The Morgan fingerprint density at radius 1 is 1.10 bits per heavy atom. The van der Waals surface area contributed by atoms with Gasteiger partial charge in [-0.1, -0.05) is 0 Å². The number of aromatic nitrogens is 4. The number of hydrogen-bond acceptors (Lipinski definition) is 9. The second-order valence-electron chi connectivity index (χ2n) is 6.62. The van der Waals surface area contributed by atoms with Gasteiger partial charge in [0.25, 0.3) is 5.91 Å². The number of amides is 2. The molecule has 0 aromatic carbocycles. The van der Waals surface area contributed by atoms with Crippen molar-refractivity contribution in [1.29, 1.82) is 0 Å². The molecule has 0 spiro atoms. The normalized spacial score (nSPS) is 13.4. The molecule has 4 rings (SSSR count). The zero-order valence-electron chi connectivity index (χ0n) is 17.0. The molecular formula is C20H20N6O4S. The quantitative estimate of drug-likeness (QED) is 0.571. The minimum Gasteiger partial charge on any atom is -0.481 e. The van der Waals surface area contributed by atoms with E-state index < -0.39 is 0 Å². The molecule has 1 aliphatic rings. The van der Waals surface area contributed by atoms with Crippen molar-refractivity contribution in [1.82, 2.24) is 30.0 Å². The van der Waals surface area contributed by atoms with Crippen LogP contribution in [-0.2, 0) is 11.2 Å². The lowest BCUT2D eigenvalue weighted by atomic mass is 10.2. The van der Waals surface area contributed by atoms with Crippen LogP contribution in [0.3, 0.4) is 0 Å². The molecule has 0 saturated carbocycles. The average molecular weight is 440 g/mol. The molecular weight excluding hydrogens is 420 g/mol. The number of carbonyl (C=O) groups excluding carboxylic acids is 2. The lowest BCUT2D eigenvalue weighted by Gasteiger charge is -2.28. The highest BCUT2D eigenvalue weighted by atomic mass is 32.1. The van der Waals surface area contributed by atoms with Crippen LogP contribution < -0.4 is 9.47 Å². The first-order chi connectivity index (χ1) is 15.1. The van der Waals surface area contributed by atoms with E-state index in [0.29, 0.717) is 41.8 Å². The van der Waals surface area contributed by atoms with Crippen molar-refractivity contribution in [3.63, 3.8) is 0 Å². The Labute approximate surface area is 182 Å². The van der Waals surface area contributed by atoms with Gasteiger partial charge in [-0.25, -0.2) is 9.99 Å². The number of carbonyl (C=O) groups is 2. The van der Waals surface area contributed by atoms with E-state index in [0.717, 1.165) is 0 Å². The monoisotopic (exact) mass is 440 g/mol. The van der Waals surface area contributed by atoms with Crippen LogP contribution in [0, 0.1) is 0 Å². The van der Waals surface area contributed by atoms with E-state index in [1.807, 2.05) is 5.38 Å². The summed E-state index contributed by atoms with van der Waals surface area (Å²) in [5.41, 5.74) is 1.54. The Kier molecular flexibility index (Phi) is 6.03. The summed E-state index contributed by atoms with van der Waals surface area (Å²) in [4.78, 5) is 43.0. The largest absolute Gasteiger partial charge is 0.481 e. The summed E-state index contributed by atoms with van der Waals surface area (Å²) in [6.07, 6.45) is 5.58. The second kappa shape index (κ2) is 9.04. The summed E-state index contributed by atoms with van der Waals surface area (Å²) < 4.78 is 10.3. The van der Waals surface area contributed by atoms with Crippen molar-refractivity contribution in [3.05, 3.63) is 47.4 Å². The molecule has 31 heavy (non-hydrogen) atoms. The number of rotatable bonds is 6. The van der Waals surface area contributed by atoms with Gasteiger partial charge in [-0.2, -0.15) is 4.98 Å². The fourth-order valence-electron chi connectivity index (χ4n) is 3.24. The van der Waals surface area contributed by atoms with Crippen LogP contribution in [0.5, 0.6) is 11.8 Å². The van der Waals surface area contributed by atoms with Gasteiger partial charge in [-0.15, -0.1) is 11.3 Å². The van der Waals surface area contributed by atoms with Crippen LogP contribution in [0.2, 0.25) is 0 Å². The Morgan fingerprint density at radius 2 is 1.94 bits per heavy atom. The first-order valence-corrected chi connectivity index (χ1v) is 10.4. The van der Waals surface area contributed by atoms with E-state index in [4.69, 9.17) is 9.47 Å². The molecule has 0 N–H and O–H groups in total. The summed E-state index contributed by atoms with van der Waals surface area (Å²) >= 11 is 1.40. The average Bonchev–Trinajstić information content (AvgIpc) is 3.48. The Hall–Kier alpha value is -3.60. The van der Waals surface area contributed by atoms with Crippen LogP contribution in [0.15, 0.2) is 36.1 Å². The molecule has 0 aliphatic carbocycles. The number of nitrogens with zero attached hydrogens (tertiary/aromatic N) is 6. The van der Waals surface area contributed by atoms with Crippen LogP contribution in [0.4, 0.5) is 0 Å². The zero-order chi connectivity index (χ0) is 21.8. The minimum atomic E-state index is -0.351. The van der Waals surface area contributed by atoms with E-state index in [2.05, 4.69) is 19.9 Å². The molecule has 2 amide bonds. The van der Waals surface area contributed by atoms with E-state index in [9.17, 15) is 9.59 Å². The van der Waals surface area contributed by atoms with Gasteiger partial charge in [0.15, 0.2) is 0 Å². The number of hydrazine groups is 1. The van der Waals surface area contributed by atoms with E-state index in [1.165, 1.54) is 35.6 Å². The molecule has 0 bridgehead atoms. The van der Waals surface area contributed by atoms with Gasteiger partial charge >= 0.3 is 0 Å². The van der Waals surface area contributed by atoms with Gasteiger partial charge in [0.1, 0.15) is 16.3 Å². The molecule has 4 heterocycles. The van der Waals surface area contributed by atoms with Crippen LogP contribution >= 0.6 is 11.3 Å². The van der Waals surface area contributed by atoms with Crippen LogP contribution in [0.1, 0.15) is 22.5 Å². The third-order valence-corrected chi connectivity index (χ3v) is 5.60. The van der Waals surface area contributed by atoms with Crippen LogP contribution in [-0.4, -0.2) is 69.1 Å². The van der Waals surface area contributed by atoms with Crippen molar-refractivity contribution < 1.29 is 19.1 Å². The molecule has 1 saturated heterocycles. The Bertz CT molecular complexity index is 1090. The fourth-order valence-corrected chi connectivity index (χ4v) is 4.02. The lowest BCUT2D eigenvalue weighted by molar-refractivity contribution is -0.139. The highest BCUT2D eigenvalue weighted by molar-refractivity contribution is 7.13. The van der Waals surface area contributed by atoms with E-state index in [1.54, 1.807) is 30.7 Å². The molecule has 0 unspecified atom stereocenters. The third-order valence-electron chi connectivity index (χ3n) is 4.69. The van der Waals surface area contributed by atoms with Gasteiger partial charge < -0.3 is 9.47 Å². The smallest absolute Gasteiger partial charge is 0.277 e. The Morgan fingerprint density at radius 3 is 2.68 bits per heavy atom. The predicted molar refractivity (Wildman–Crippen MR) is 112 cm³/mol. The maximum Gasteiger partial charge on any atom is 0.277 e. The third kappa shape index (κ3) is 4.31.